The lowest BCUT2D eigenvalue weighted by Crippen LogP contribution is -2.33. The van der Waals surface area contributed by atoms with Crippen molar-refractivity contribution in [2.75, 3.05) is 0 Å². The van der Waals surface area contributed by atoms with E-state index in [2.05, 4.69) is 0 Å². The van der Waals surface area contributed by atoms with E-state index in [9.17, 15) is 9.59 Å². The Labute approximate surface area is 79.1 Å². The first-order valence-electron chi connectivity index (χ1n) is 4.45. The molecule has 0 aliphatic rings. The molecule has 0 saturated carbocycles. The van der Waals surface area contributed by atoms with E-state index < -0.39 is 23.2 Å². The molecule has 13 heavy (non-hydrogen) atoms. The fourth-order valence-corrected chi connectivity index (χ4v) is 1.12. The summed E-state index contributed by atoms with van der Waals surface area (Å²) >= 11 is 0. The second-order valence-electron chi connectivity index (χ2n) is 4.53. The van der Waals surface area contributed by atoms with Crippen LogP contribution in [0.3, 0.4) is 0 Å². The van der Waals surface area contributed by atoms with Gasteiger partial charge in [0.15, 0.2) is 0 Å². The molecule has 76 valence electrons. The number of carboxylic acid groups (broad SMARTS) is 1. The standard InChI is InChI=1S/C10H18O3/c1-6(7(2)9(12)13)8(11)10(3,4)5/h6-7H,1-5H3,(H,12,13). The summed E-state index contributed by atoms with van der Waals surface area (Å²) in [6.07, 6.45) is 0. The minimum Gasteiger partial charge on any atom is -0.481 e. The molecular weight excluding hydrogens is 168 g/mol. The summed E-state index contributed by atoms with van der Waals surface area (Å²) in [4.78, 5) is 22.3. The van der Waals surface area contributed by atoms with E-state index in [-0.39, 0.29) is 5.78 Å². The fourth-order valence-electron chi connectivity index (χ4n) is 1.12. The number of hydrogen-bond donors (Lipinski definition) is 1. The molecule has 3 heteroatoms. The zero-order chi connectivity index (χ0) is 10.8. The van der Waals surface area contributed by atoms with Crippen LogP contribution in [0.5, 0.6) is 0 Å². The molecule has 0 rings (SSSR count). The molecule has 2 atom stereocenters. The number of hydrogen-bond acceptors (Lipinski definition) is 2. The number of rotatable bonds is 3. The maximum absolute atomic E-state index is 11.6. The highest BCUT2D eigenvalue weighted by molar-refractivity contribution is 5.89. The van der Waals surface area contributed by atoms with Gasteiger partial charge < -0.3 is 5.11 Å². The van der Waals surface area contributed by atoms with Crippen molar-refractivity contribution >= 4 is 11.8 Å². The number of carbonyl (C=O) groups is 2. The second kappa shape index (κ2) is 3.90. The van der Waals surface area contributed by atoms with Gasteiger partial charge in [-0.3, -0.25) is 9.59 Å². The summed E-state index contributed by atoms with van der Waals surface area (Å²) in [6.45, 7) is 8.66. The summed E-state index contributed by atoms with van der Waals surface area (Å²) in [5.41, 5.74) is -0.455. The van der Waals surface area contributed by atoms with Crippen molar-refractivity contribution in [2.45, 2.75) is 34.6 Å². The Morgan fingerprint density at radius 2 is 1.46 bits per heavy atom. The van der Waals surface area contributed by atoms with E-state index in [1.165, 1.54) is 0 Å². The van der Waals surface area contributed by atoms with Crippen LogP contribution in [0.25, 0.3) is 0 Å². The van der Waals surface area contributed by atoms with E-state index in [0.717, 1.165) is 0 Å². The molecule has 0 aliphatic carbocycles. The molecule has 0 saturated heterocycles. The number of carboxylic acids is 1. The molecule has 0 aromatic rings. The predicted molar refractivity (Wildman–Crippen MR) is 50.4 cm³/mol. The average molecular weight is 186 g/mol. The summed E-state index contributed by atoms with van der Waals surface area (Å²) in [7, 11) is 0. The van der Waals surface area contributed by atoms with Crippen LogP contribution in [0.15, 0.2) is 0 Å². The number of carbonyl (C=O) groups excluding carboxylic acids is 1. The number of ketones is 1. The molecule has 0 bridgehead atoms. The monoisotopic (exact) mass is 186 g/mol. The Morgan fingerprint density at radius 1 is 1.08 bits per heavy atom. The van der Waals surface area contributed by atoms with Gasteiger partial charge in [-0.1, -0.05) is 34.6 Å². The zero-order valence-electron chi connectivity index (χ0n) is 8.92. The van der Waals surface area contributed by atoms with E-state index in [4.69, 9.17) is 5.11 Å². The van der Waals surface area contributed by atoms with Gasteiger partial charge in [-0.25, -0.2) is 0 Å². The van der Waals surface area contributed by atoms with Gasteiger partial charge in [0.05, 0.1) is 5.92 Å². The van der Waals surface area contributed by atoms with Crippen LogP contribution < -0.4 is 0 Å². The highest BCUT2D eigenvalue weighted by atomic mass is 16.4. The van der Waals surface area contributed by atoms with Crippen molar-refractivity contribution in [3.8, 4) is 0 Å². The maximum atomic E-state index is 11.6. The molecule has 1 N–H and O–H groups in total. The van der Waals surface area contributed by atoms with Gasteiger partial charge in [-0.15, -0.1) is 0 Å². The highest BCUT2D eigenvalue weighted by Crippen LogP contribution is 2.24. The number of Topliss-reactive ketones (excluding diaryl/α,β-unsaturated/α-hetero) is 1. The lowest BCUT2D eigenvalue weighted by Gasteiger charge is -2.23. The first-order valence-corrected chi connectivity index (χ1v) is 4.45. The van der Waals surface area contributed by atoms with Crippen LogP contribution in [0, 0.1) is 17.3 Å². The maximum Gasteiger partial charge on any atom is 0.306 e. The quantitative estimate of drug-likeness (QED) is 0.733. The lowest BCUT2D eigenvalue weighted by atomic mass is 9.79. The third-order valence-corrected chi connectivity index (χ3v) is 2.29. The van der Waals surface area contributed by atoms with Crippen LogP contribution in [-0.2, 0) is 9.59 Å². The van der Waals surface area contributed by atoms with E-state index in [0.29, 0.717) is 0 Å². The van der Waals surface area contributed by atoms with Crippen LogP contribution in [0.1, 0.15) is 34.6 Å². The van der Waals surface area contributed by atoms with Crippen LogP contribution in [-0.4, -0.2) is 16.9 Å². The molecule has 0 aromatic heterocycles. The average Bonchev–Trinajstić information content (AvgIpc) is 1.98. The van der Waals surface area contributed by atoms with E-state index in [1.807, 2.05) is 0 Å². The summed E-state index contributed by atoms with van der Waals surface area (Å²) < 4.78 is 0. The Balaban J connectivity index is 4.53. The van der Waals surface area contributed by atoms with Gasteiger partial charge in [0.25, 0.3) is 0 Å². The normalized spacial score (nSPS) is 16.4. The van der Waals surface area contributed by atoms with E-state index >= 15 is 0 Å². The third-order valence-electron chi connectivity index (χ3n) is 2.29. The van der Waals surface area contributed by atoms with Crippen molar-refractivity contribution in [3.05, 3.63) is 0 Å². The molecule has 0 amide bonds. The minimum atomic E-state index is -0.912. The lowest BCUT2D eigenvalue weighted by molar-refractivity contribution is -0.147. The Kier molecular flexibility index (Phi) is 3.64. The molecule has 0 heterocycles. The van der Waals surface area contributed by atoms with Gasteiger partial charge in [0.2, 0.25) is 0 Å². The van der Waals surface area contributed by atoms with Crippen LogP contribution >= 0.6 is 0 Å². The zero-order valence-corrected chi connectivity index (χ0v) is 8.92. The number of aliphatic carboxylic acids is 1. The molecular formula is C10H18O3. The molecule has 0 aromatic carbocycles. The molecule has 2 unspecified atom stereocenters. The summed E-state index contributed by atoms with van der Waals surface area (Å²) in [5.74, 6) is -1.93. The first kappa shape index (κ1) is 12.1. The Hall–Kier alpha value is -0.860. The Bertz CT molecular complexity index is 213. The van der Waals surface area contributed by atoms with Gasteiger partial charge in [-0.05, 0) is 0 Å². The minimum absolute atomic E-state index is 0.00222. The first-order chi connectivity index (χ1) is 5.68. The third kappa shape index (κ3) is 3.17. The van der Waals surface area contributed by atoms with Crippen molar-refractivity contribution in [2.24, 2.45) is 17.3 Å². The largest absolute Gasteiger partial charge is 0.481 e. The fraction of sp³-hybridized carbons (Fsp3) is 0.800. The van der Waals surface area contributed by atoms with Gasteiger partial charge in [0, 0.05) is 11.3 Å². The smallest absolute Gasteiger partial charge is 0.306 e. The van der Waals surface area contributed by atoms with Crippen molar-refractivity contribution in [3.63, 3.8) is 0 Å². The summed E-state index contributed by atoms with van der Waals surface area (Å²) in [6, 6.07) is 0. The van der Waals surface area contributed by atoms with E-state index in [1.54, 1.807) is 34.6 Å². The summed E-state index contributed by atoms with van der Waals surface area (Å²) in [5, 5.41) is 8.71. The SMILES string of the molecule is CC(C(=O)O)C(C)C(=O)C(C)(C)C. The predicted octanol–water partition coefficient (Wildman–Crippen LogP) is 1.96. The molecule has 3 nitrogen and oxygen atoms in total. The Morgan fingerprint density at radius 3 is 1.69 bits per heavy atom. The topological polar surface area (TPSA) is 54.4 Å². The van der Waals surface area contributed by atoms with Crippen molar-refractivity contribution in [1.29, 1.82) is 0 Å². The molecule has 0 fully saturated rings. The molecule has 0 spiro atoms. The van der Waals surface area contributed by atoms with Crippen molar-refractivity contribution in [1.82, 2.24) is 0 Å². The van der Waals surface area contributed by atoms with Gasteiger partial charge >= 0.3 is 5.97 Å². The van der Waals surface area contributed by atoms with Crippen LogP contribution in [0.4, 0.5) is 0 Å². The van der Waals surface area contributed by atoms with Gasteiger partial charge in [0.1, 0.15) is 5.78 Å². The molecule has 0 radical (unpaired) electrons. The highest BCUT2D eigenvalue weighted by Gasteiger charge is 2.32. The van der Waals surface area contributed by atoms with Crippen molar-refractivity contribution < 1.29 is 14.7 Å². The second-order valence-corrected chi connectivity index (χ2v) is 4.53. The van der Waals surface area contributed by atoms with Gasteiger partial charge in [-0.2, -0.15) is 0 Å². The molecule has 0 aliphatic heterocycles. The van der Waals surface area contributed by atoms with Crippen LogP contribution in [0.2, 0.25) is 0 Å².